The van der Waals surface area contributed by atoms with E-state index in [-0.39, 0.29) is 12.5 Å². The molecular formula is C18H19BrN2O4. The molecule has 7 heteroatoms. The standard InChI is InChI=1S/C18H19BrN2O4/c1-3-24-17-9-4-14(19)10-13(17)11-20-21-18(22)12-25-16-7-5-15(23-2)6-8-16/h4-11H,3,12H2,1-2H3,(H,21,22)/b20-11+. The van der Waals surface area contributed by atoms with Crippen molar-refractivity contribution in [2.75, 3.05) is 20.3 Å². The van der Waals surface area contributed by atoms with Gasteiger partial charge in [-0.2, -0.15) is 5.10 Å². The normalized spacial score (nSPS) is 10.5. The summed E-state index contributed by atoms with van der Waals surface area (Å²) in [6.45, 7) is 2.31. The van der Waals surface area contributed by atoms with Crippen LogP contribution in [0, 0.1) is 0 Å². The molecule has 0 aliphatic carbocycles. The Labute approximate surface area is 154 Å². The molecule has 0 spiro atoms. The maximum atomic E-state index is 11.8. The lowest BCUT2D eigenvalue weighted by Gasteiger charge is -2.07. The van der Waals surface area contributed by atoms with Crippen LogP contribution >= 0.6 is 15.9 Å². The molecule has 132 valence electrons. The summed E-state index contributed by atoms with van der Waals surface area (Å²) in [7, 11) is 1.59. The van der Waals surface area contributed by atoms with E-state index in [9.17, 15) is 4.79 Å². The zero-order valence-corrected chi connectivity index (χ0v) is 15.6. The number of amides is 1. The van der Waals surface area contributed by atoms with Crippen molar-refractivity contribution in [3.63, 3.8) is 0 Å². The highest BCUT2D eigenvalue weighted by Crippen LogP contribution is 2.21. The predicted molar refractivity (Wildman–Crippen MR) is 99.5 cm³/mol. The molecule has 0 fully saturated rings. The summed E-state index contributed by atoms with van der Waals surface area (Å²) < 4.78 is 16.8. The zero-order valence-electron chi connectivity index (χ0n) is 14.0. The number of hydrogen-bond acceptors (Lipinski definition) is 5. The van der Waals surface area contributed by atoms with Crippen molar-refractivity contribution in [1.82, 2.24) is 5.43 Å². The Morgan fingerprint density at radius 3 is 2.56 bits per heavy atom. The Morgan fingerprint density at radius 2 is 1.88 bits per heavy atom. The van der Waals surface area contributed by atoms with E-state index in [1.165, 1.54) is 6.21 Å². The van der Waals surface area contributed by atoms with Gasteiger partial charge in [0.15, 0.2) is 6.61 Å². The van der Waals surface area contributed by atoms with Crippen LogP contribution in [0.1, 0.15) is 12.5 Å². The van der Waals surface area contributed by atoms with Gasteiger partial charge < -0.3 is 14.2 Å². The highest BCUT2D eigenvalue weighted by molar-refractivity contribution is 9.10. The average Bonchev–Trinajstić information content (AvgIpc) is 2.62. The number of hydrazone groups is 1. The van der Waals surface area contributed by atoms with Crippen molar-refractivity contribution < 1.29 is 19.0 Å². The molecule has 2 aromatic rings. The molecule has 0 saturated heterocycles. The summed E-state index contributed by atoms with van der Waals surface area (Å²) in [6.07, 6.45) is 1.53. The number of rotatable bonds is 8. The van der Waals surface area contributed by atoms with Crippen molar-refractivity contribution in [3.8, 4) is 17.2 Å². The second kappa shape index (κ2) is 9.68. The van der Waals surface area contributed by atoms with Gasteiger partial charge in [0.05, 0.1) is 19.9 Å². The molecular weight excluding hydrogens is 388 g/mol. The van der Waals surface area contributed by atoms with Crippen molar-refractivity contribution in [1.29, 1.82) is 0 Å². The molecule has 0 saturated carbocycles. The van der Waals surface area contributed by atoms with Gasteiger partial charge in [0, 0.05) is 10.0 Å². The van der Waals surface area contributed by atoms with Crippen molar-refractivity contribution in [3.05, 3.63) is 52.5 Å². The number of carbonyl (C=O) groups excluding carboxylic acids is 1. The largest absolute Gasteiger partial charge is 0.497 e. The predicted octanol–water partition coefficient (Wildman–Crippen LogP) is 3.39. The van der Waals surface area contributed by atoms with E-state index in [4.69, 9.17) is 14.2 Å². The minimum atomic E-state index is -0.361. The second-order valence-corrected chi connectivity index (χ2v) is 5.79. The van der Waals surface area contributed by atoms with Gasteiger partial charge >= 0.3 is 0 Å². The number of carbonyl (C=O) groups is 1. The maximum Gasteiger partial charge on any atom is 0.277 e. The first-order valence-corrected chi connectivity index (χ1v) is 8.42. The number of nitrogens with one attached hydrogen (secondary N) is 1. The molecule has 1 amide bonds. The summed E-state index contributed by atoms with van der Waals surface area (Å²) in [6, 6.07) is 12.5. The van der Waals surface area contributed by atoms with Gasteiger partial charge in [0.2, 0.25) is 0 Å². The third-order valence-corrected chi connectivity index (χ3v) is 3.59. The van der Waals surface area contributed by atoms with Crippen molar-refractivity contribution in [2.45, 2.75) is 6.92 Å². The monoisotopic (exact) mass is 406 g/mol. The smallest absolute Gasteiger partial charge is 0.277 e. The van der Waals surface area contributed by atoms with Crippen LogP contribution in [0.4, 0.5) is 0 Å². The first-order chi connectivity index (χ1) is 12.1. The van der Waals surface area contributed by atoms with Gasteiger partial charge in [-0.1, -0.05) is 15.9 Å². The number of hydrogen-bond donors (Lipinski definition) is 1. The van der Waals surface area contributed by atoms with E-state index >= 15 is 0 Å². The Balaban J connectivity index is 1.86. The molecule has 0 unspecified atom stereocenters. The summed E-state index contributed by atoms with van der Waals surface area (Å²) in [5, 5.41) is 3.94. The Kier molecular flexibility index (Phi) is 7.28. The quantitative estimate of drug-likeness (QED) is 0.538. The van der Waals surface area contributed by atoms with Gasteiger partial charge in [-0.3, -0.25) is 4.79 Å². The van der Waals surface area contributed by atoms with E-state index in [2.05, 4.69) is 26.5 Å². The van der Waals surface area contributed by atoms with Crippen molar-refractivity contribution >= 4 is 28.1 Å². The lowest BCUT2D eigenvalue weighted by atomic mass is 10.2. The van der Waals surface area contributed by atoms with Gasteiger partial charge in [-0.25, -0.2) is 5.43 Å². The number of benzene rings is 2. The first kappa shape index (κ1) is 18.8. The summed E-state index contributed by atoms with van der Waals surface area (Å²) in [5.41, 5.74) is 3.18. The highest BCUT2D eigenvalue weighted by Gasteiger charge is 2.04. The second-order valence-electron chi connectivity index (χ2n) is 4.87. The van der Waals surface area contributed by atoms with Crippen LogP contribution in [0.2, 0.25) is 0 Å². The van der Waals surface area contributed by atoms with Gasteiger partial charge in [0.1, 0.15) is 17.2 Å². The minimum Gasteiger partial charge on any atom is -0.497 e. The zero-order chi connectivity index (χ0) is 18.1. The van der Waals surface area contributed by atoms with Crippen LogP contribution in [-0.4, -0.2) is 32.4 Å². The fourth-order valence-corrected chi connectivity index (χ4v) is 2.31. The molecule has 6 nitrogen and oxygen atoms in total. The fourth-order valence-electron chi connectivity index (χ4n) is 1.93. The molecule has 2 aromatic carbocycles. The highest BCUT2D eigenvalue weighted by atomic mass is 79.9. The van der Waals surface area contributed by atoms with Gasteiger partial charge in [0.25, 0.3) is 5.91 Å². The van der Waals surface area contributed by atoms with Crippen molar-refractivity contribution in [2.24, 2.45) is 5.10 Å². The Bertz CT molecular complexity index is 732. The Hall–Kier alpha value is -2.54. The van der Waals surface area contributed by atoms with Crippen LogP contribution in [0.25, 0.3) is 0 Å². The minimum absolute atomic E-state index is 0.138. The maximum absolute atomic E-state index is 11.8. The van der Waals surface area contributed by atoms with Crippen LogP contribution in [0.15, 0.2) is 52.0 Å². The van der Waals surface area contributed by atoms with E-state index in [1.54, 1.807) is 31.4 Å². The molecule has 0 heterocycles. The lowest BCUT2D eigenvalue weighted by molar-refractivity contribution is -0.123. The summed E-state index contributed by atoms with van der Waals surface area (Å²) >= 11 is 3.40. The molecule has 0 aliphatic rings. The molecule has 0 bridgehead atoms. The van der Waals surface area contributed by atoms with Crippen LogP contribution < -0.4 is 19.6 Å². The Morgan fingerprint density at radius 1 is 1.16 bits per heavy atom. The van der Waals surface area contributed by atoms with E-state index in [0.29, 0.717) is 18.1 Å². The first-order valence-electron chi connectivity index (χ1n) is 7.63. The van der Waals surface area contributed by atoms with E-state index in [1.807, 2.05) is 25.1 Å². The van der Waals surface area contributed by atoms with Crippen LogP contribution in [-0.2, 0) is 4.79 Å². The third-order valence-electron chi connectivity index (χ3n) is 3.09. The molecule has 1 N–H and O–H groups in total. The van der Waals surface area contributed by atoms with Crippen LogP contribution in [0.5, 0.6) is 17.2 Å². The van der Waals surface area contributed by atoms with Gasteiger partial charge in [-0.05, 0) is 49.4 Å². The molecule has 0 aliphatic heterocycles. The summed E-state index contributed by atoms with van der Waals surface area (Å²) in [5.74, 6) is 1.63. The van der Waals surface area contributed by atoms with E-state index in [0.717, 1.165) is 15.8 Å². The van der Waals surface area contributed by atoms with Gasteiger partial charge in [-0.15, -0.1) is 0 Å². The topological polar surface area (TPSA) is 69.2 Å². The lowest BCUT2D eigenvalue weighted by Crippen LogP contribution is -2.24. The van der Waals surface area contributed by atoms with E-state index < -0.39 is 0 Å². The molecule has 2 rings (SSSR count). The fraction of sp³-hybridized carbons (Fsp3) is 0.222. The number of methoxy groups -OCH3 is 1. The summed E-state index contributed by atoms with van der Waals surface area (Å²) in [4.78, 5) is 11.8. The number of halogens is 1. The van der Waals surface area contributed by atoms with Crippen LogP contribution in [0.3, 0.4) is 0 Å². The molecule has 0 aromatic heterocycles. The number of ether oxygens (including phenoxy) is 3. The molecule has 25 heavy (non-hydrogen) atoms. The third kappa shape index (κ3) is 6.11. The average molecular weight is 407 g/mol. The molecule has 0 atom stereocenters. The molecule has 0 radical (unpaired) electrons. The number of nitrogens with zero attached hydrogens (tertiary/aromatic N) is 1. The SMILES string of the molecule is CCOc1ccc(Br)cc1/C=N/NC(=O)COc1ccc(OC)cc1.